The smallest absolute Gasteiger partial charge is 0.119 e. The van der Waals surface area contributed by atoms with Crippen LogP contribution in [-0.2, 0) is 0 Å². The van der Waals surface area contributed by atoms with Crippen LogP contribution in [0.2, 0.25) is 0 Å². The predicted molar refractivity (Wildman–Crippen MR) is 66.9 cm³/mol. The van der Waals surface area contributed by atoms with Gasteiger partial charge >= 0.3 is 0 Å². The second kappa shape index (κ2) is 6.44. The van der Waals surface area contributed by atoms with E-state index >= 15 is 0 Å². The highest BCUT2D eigenvalue weighted by atomic mass is 16.5. The van der Waals surface area contributed by atoms with Crippen molar-refractivity contribution in [2.24, 2.45) is 0 Å². The topological polar surface area (TPSA) is 87.7 Å². The summed E-state index contributed by atoms with van der Waals surface area (Å²) in [4.78, 5) is 0. The Hall–Kier alpha value is -1.30. The van der Waals surface area contributed by atoms with Crippen LogP contribution in [0.5, 0.6) is 5.75 Å². The van der Waals surface area contributed by atoms with E-state index < -0.39 is 12.2 Å². The number of nitrogens with one attached hydrogen (secondary N) is 1. The van der Waals surface area contributed by atoms with Crippen molar-refractivity contribution in [2.45, 2.75) is 18.6 Å². The normalized spacial score (nSPS) is 14.4. The summed E-state index contributed by atoms with van der Waals surface area (Å²) in [7, 11) is 3.33. The van der Waals surface area contributed by atoms with E-state index in [1.165, 1.54) is 0 Å². The van der Waals surface area contributed by atoms with Crippen LogP contribution in [0.25, 0.3) is 0 Å². The Labute approximate surface area is 101 Å². The van der Waals surface area contributed by atoms with Gasteiger partial charge in [0.05, 0.1) is 13.2 Å². The zero-order valence-corrected chi connectivity index (χ0v) is 10.2. The van der Waals surface area contributed by atoms with Crippen LogP contribution in [0.4, 0.5) is 5.69 Å². The van der Waals surface area contributed by atoms with Gasteiger partial charge in [-0.2, -0.15) is 0 Å². The first-order valence-electron chi connectivity index (χ1n) is 5.54. The molecular weight excluding hydrogens is 220 g/mol. The molecule has 0 aliphatic rings. The number of nitrogen functional groups attached to an aromatic ring is 1. The van der Waals surface area contributed by atoms with Crippen molar-refractivity contribution < 1.29 is 14.9 Å². The van der Waals surface area contributed by atoms with Crippen molar-refractivity contribution in [2.75, 3.05) is 26.4 Å². The monoisotopic (exact) mass is 240 g/mol. The predicted octanol–water partition coefficient (Wildman–Crippen LogP) is 0.281. The molecule has 96 valence electrons. The van der Waals surface area contributed by atoms with Crippen LogP contribution in [0.3, 0.4) is 0 Å². The van der Waals surface area contributed by atoms with Crippen LogP contribution in [0.1, 0.15) is 18.1 Å². The molecule has 0 bridgehead atoms. The first kappa shape index (κ1) is 13.8. The van der Waals surface area contributed by atoms with Crippen LogP contribution in [0, 0.1) is 0 Å². The minimum atomic E-state index is -1.00. The van der Waals surface area contributed by atoms with E-state index in [1.807, 2.05) is 0 Å². The molecule has 0 aliphatic heterocycles. The summed E-state index contributed by atoms with van der Waals surface area (Å²) in [5.41, 5.74) is 6.71. The number of hydrogen-bond donors (Lipinski definition) is 4. The van der Waals surface area contributed by atoms with Crippen molar-refractivity contribution in [3.63, 3.8) is 0 Å². The van der Waals surface area contributed by atoms with Gasteiger partial charge in [0.2, 0.25) is 0 Å². The molecule has 0 heterocycles. The standard InChI is InChI=1S/C12H20N2O3/c1-14-6-5-11(15)12(16)9-7-8(17-2)3-4-10(9)13/h3-4,7,11-12,14-16H,5-6,13H2,1-2H3. The number of aliphatic hydroxyl groups is 2. The third-order valence-corrected chi connectivity index (χ3v) is 2.67. The molecule has 5 heteroatoms. The van der Waals surface area contributed by atoms with Crippen molar-refractivity contribution in [1.82, 2.24) is 5.32 Å². The Bertz CT molecular complexity index is 358. The average molecular weight is 240 g/mol. The van der Waals surface area contributed by atoms with E-state index in [-0.39, 0.29) is 0 Å². The van der Waals surface area contributed by atoms with Gasteiger partial charge < -0.3 is 26.0 Å². The quantitative estimate of drug-likeness (QED) is 0.536. The minimum Gasteiger partial charge on any atom is -0.497 e. The number of ether oxygens (including phenoxy) is 1. The van der Waals surface area contributed by atoms with Gasteiger partial charge in [0.15, 0.2) is 0 Å². The Kier molecular flexibility index (Phi) is 5.21. The fraction of sp³-hybridized carbons (Fsp3) is 0.500. The van der Waals surface area contributed by atoms with Gasteiger partial charge in [-0.1, -0.05) is 0 Å². The molecule has 2 unspecified atom stereocenters. The molecule has 17 heavy (non-hydrogen) atoms. The van der Waals surface area contributed by atoms with E-state index in [4.69, 9.17) is 10.5 Å². The number of methoxy groups -OCH3 is 1. The minimum absolute atomic E-state index is 0.446. The molecule has 0 aliphatic carbocycles. The molecule has 0 radical (unpaired) electrons. The third-order valence-electron chi connectivity index (χ3n) is 2.67. The summed E-state index contributed by atoms with van der Waals surface area (Å²) in [5.74, 6) is 0.606. The lowest BCUT2D eigenvalue weighted by molar-refractivity contribution is 0.0143. The number of anilines is 1. The Morgan fingerprint density at radius 3 is 2.71 bits per heavy atom. The van der Waals surface area contributed by atoms with Crippen LogP contribution in [-0.4, -0.2) is 37.0 Å². The Morgan fingerprint density at radius 2 is 2.12 bits per heavy atom. The summed E-state index contributed by atoms with van der Waals surface area (Å²) in [5, 5.41) is 22.7. The Morgan fingerprint density at radius 1 is 1.41 bits per heavy atom. The molecule has 0 spiro atoms. The lowest BCUT2D eigenvalue weighted by Gasteiger charge is -2.20. The summed E-state index contributed by atoms with van der Waals surface area (Å²) in [6.07, 6.45) is -1.40. The number of rotatable bonds is 6. The maximum atomic E-state index is 10.0. The number of nitrogens with two attached hydrogens (primary N) is 1. The zero-order valence-electron chi connectivity index (χ0n) is 10.2. The lowest BCUT2D eigenvalue weighted by Crippen LogP contribution is -2.24. The third kappa shape index (κ3) is 3.59. The van der Waals surface area contributed by atoms with E-state index in [2.05, 4.69) is 5.32 Å². The molecule has 1 aromatic rings. The van der Waals surface area contributed by atoms with Gasteiger partial charge in [0.1, 0.15) is 11.9 Å². The summed E-state index contributed by atoms with van der Waals surface area (Å²) in [6, 6.07) is 5.01. The second-order valence-corrected chi connectivity index (χ2v) is 3.90. The first-order valence-corrected chi connectivity index (χ1v) is 5.54. The first-order chi connectivity index (χ1) is 8.10. The van der Waals surface area contributed by atoms with Crippen LogP contribution < -0.4 is 15.8 Å². The lowest BCUT2D eigenvalue weighted by atomic mass is 10.00. The van der Waals surface area contributed by atoms with Crippen LogP contribution >= 0.6 is 0 Å². The highest BCUT2D eigenvalue weighted by Crippen LogP contribution is 2.28. The van der Waals surface area contributed by atoms with E-state index in [0.717, 1.165) is 0 Å². The fourth-order valence-electron chi connectivity index (χ4n) is 1.59. The van der Waals surface area contributed by atoms with Crippen molar-refractivity contribution in [1.29, 1.82) is 0 Å². The number of benzene rings is 1. The summed E-state index contributed by atoms with van der Waals surface area (Å²) in [6.45, 7) is 0.627. The molecule has 0 saturated heterocycles. The van der Waals surface area contributed by atoms with Gasteiger partial charge in [-0.05, 0) is 38.2 Å². The number of aliphatic hydroxyl groups excluding tert-OH is 2. The molecule has 1 aromatic carbocycles. The molecule has 0 amide bonds. The molecule has 2 atom stereocenters. The molecule has 0 aromatic heterocycles. The highest BCUT2D eigenvalue weighted by molar-refractivity contribution is 5.51. The molecule has 0 saturated carbocycles. The molecular formula is C12H20N2O3. The van der Waals surface area contributed by atoms with Gasteiger partial charge in [-0.15, -0.1) is 0 Å². The zero-order chi connectivity index (χ0) is 12.8. The van der Waals surface area contributed by atoms with Gasteiger partial charge in [-0.3, -0.25) is 0 Å². The largest absolute Gasteiger partial charge is 0.497 e. The van der Waals surface area contributed by atoms with Gasteiger partial charge in [-0.25, -0.2) is 0 Å². The fourth-order valence-corrected chi connectivity index (χ4v) is 1.59. The summed E-state index contributed by atoms with van der Waals surface area (Å²) >= 11 is 0. The highest BCUT2D eigenvalue weighted by Gasteiger charge is 2.20. The SMILES string of the molecule is CNCCC(O)C(O)c1cc(OC)ccc1N. The van der Waals surface area contributed by atoms with Gasteiger partial charge in [0.25, 0.3) is 0 Å². The van der Waals surface area contributed by atoms with E-state index in [9.17, 15) is 10.2 Å². The maximum Gasteiger partial charge on any atom is 0.119 e. The molecule has 5 nitrogen and oxygen atoms in total. The molecule has 0 fully saturated rings. The maximum absolute atomic E-state index is 10.0. The average Bonchev–Trinajstić information content (AvgIpc) is 2.35. The van der Waals surface area contributed by atoms with Crippen molar-refractivity contribution in [3.05, 3.63) is 23.8 Å². The Balaban J connectivity index is 2.82. The van der Waals surface area contributed by atoms with E-state index in [1.54, 1.807) is 32.4 Å². The van der Waals surface area contributed by atoms with Crippen LogP contribution in [0.15, 0.2) is 18.2 Å². The molecule has 5 N–H and O–H groups in total. The van der Waals surface area contributed by atoms with Crippen molar-refractivity contribution >= 4 is 5.69 Å². The second-order valence-electron chi connectivity index (χ2n) is 3.90. The van der Waals surface area contributed by atoms with Gasteiger partial charge in [0, 0.05) is 11.3 Å². The van der Waals surface area contributed by atoms with E-state index in [0.29, 0.717) is 30.0 Å². The number of hydrogen-bond acceptors (Lipinski definition) is 5. The molecule has 1 rings (SSSR count). The summed E-state index contributed by atoms with van der Waals surface area (Å²) < 4.78 is 5.06. The van der Waals surface area contributed by atoms with Crippen molar-refractivity contribution in [3.8, 4) is 5.75 Å².